The van der Waals surface area contributed by atoms with E-state index in [1.807, 2.05) is 31.2 Å². The maximum Gasteiger partial charge on any atom is 0.220 e. The minimum Gasteiger partial charge on any atom is -0.352 e. The van der Waals surface area contributed by atoms with Gasteiger partial charge in [-0.3, -0.25) is 4.79 Å². The topological polar surface area (TPSA) is 29.1 Å². The van der Waals surface area contributed by atoms with E-state index in [4.69, 9.17) is 11.6 Å². The molecule has 0 aliphatic heterocycles. The number of carbonyl (C=O) groups is 1. The van der Waals surface area contributed by atoms with Crippen LogP contribution in [0.3, 0.4) is 0 Å². The van der Waals surface area contributed by atoms with Crippen LogP contribution in [0, 0.1) is 6.92 Å². The maximum absolute atomic E-state index is 11.8. The molecule has 2 rings (SSSR count). The number of rotatable bonds is 6. The highest BCUT2D eigenvalue weighted by atomic mass is 35.5. The lowest BCUT2D eigenvalue weighted by Crippen LogP contribution is -2.22. The molecule has 4 heteroatoms. The van der Waals surface area contributed by atoms with Crippen molar-refractivity contribution in [2.24, 2.45) is 0 Å². The third kappa shape index (κ3) is 4.66. The van der Waals surface area contributed by atoms with Crippen molar-refractivity contribution in [1.82, 2.24) is 5.32 Å². The average molecular weight is 308 g/mol. The molecule has 106 valence electrons. The number of benzene rings is 1. The van der Waals surface area contributed by atoms with Gasteiger partial charge in [-0.1, -0.05) is 29.8 Å². The SMILES string of the molecule is Cc1ccc(CNC(=O)CCCc2cccs2)cc1Cl. The highest BCUT2D eigenvalue weighted by molar-refractivity contribution is 7.09. The van der Waals surface area contributed by atoms with Crippen LogP contribution in [0.15, 0.2) is 35.7 Å². The first kappa shape index (κ1) is 15.1. The average Bonchev–Trinajstić information content (AvgIpc) is 2.93. The van der Waals surface area contributed by atoms with E-state index in [1.165, 1.54) is 4.88 Å². The van der Waals surface area contributed by atoms with Crippen LogP contribution in [0.4, 0.5) is 0 Å². The van der Waals surface area contributed by atoms with Gasteiger partial charge in [0, 0.05) is 22.9 Å². The highest BCUT2D eigenvalue weighted by Crippen LogP contribution is 2.16. The lowest BCUT2D eigenvalue weighted by molar-refractivity contribution is -0.121. The summed E-state index contributed by atoms with van der Waals surface area (Å²) in [6, 6.07) is 10.0. The van der Waals surface area contributed by atoms with Gasteiger partial charge >= 0.3 is 0 Å². The summed E-state index contributed by atoms with van der Waals surface area (Å²) < 4.78 is 0. The molecule has 0 spiro atoms. The fraction of sp³-hybridized carbons (Fsp3) is 0.312. The zero-order valence-electron chi connectivity index (χ0n) is 11.5. The number of nitrogens with one attached hydrogen (secondary N) is 1. The third-order valence-electron chi connectivity index (χ3n) is 3.13. The van der Waals surface area contributed by atoms with Gasteiger partial charge in [0.05, 0.1) is 0 Å². The molecular formula is C16H18ClNOS. The molecule has 1 amide bonds. The predicted molar refractivity (Wildman–Crippen MR) is 85.3 cm³/mol. The molecule has 0 atom stereocenters. The van der Waals surface area contributed by atoms with Crippen molar-refractivity contribution >= 4 is 28.8 Å². The molecule has 1 heterocycles. The summed E-state index contributed by atoms with van der Waals surface area (Å²) >= 11 is 7.80. The van der Waals surface area contributed by atoms with E-state index in [0.29, 0.717) is 13.0 Å². The van der Waals surface area contributed by atoms with Gasteiger partial charge < -0.3 is 5.32 Å². The summed E-state index contributed by atoms with van der Waals surface area (Å²) in [4.78, 5) is 13.1. The van der Waals surface area contributed by atoms with Crippen LogP contribution < -0.4 is 5.32 Å². The molecule has 1 aromatic carbocycles. The van der Waals surface area contributed by atoms with Crippen LogP contribution in [0.5, 0.6) is 0 Å². The Morgan fingerprint density at radius 2 is 2.20 bits per heavy atom. The third-order valence-corrected chi connectivity index (χ3v) is 4.48. The molecular weight excluding hydrogens is 290 g/mol. The minimum atomic E-state index is 0.0956. The van der Waals surface area contributed by atoms with E-state index < -0.39 is 0 Å². The second-order valence-corrected chi connectivity index (χ2v) is 6.23. The molecule has 20 heavy (non-hydrogen) atoms. The Morgan fingerprint density at radius 3 is 2.90 bits per heavy atom. The monoisotopic (exact) mass is 307 g/mol. The summed E-state index contributed by atoms with van der Waals surface area (Å²) in [5.41, 5.74) is 2.09. The second-order valence-electron chi connectivity index (χ2n) is 4.79. The van der Waals surface area contributed by atoms with Gasteiger partial charge in [0.15, 0.2) is 0 Å². The molecule has 0 aliphatic carbocycles. The fourth-order valence-electron chi connectivity index (χ4n) is 1.91. The fourth-order valence-corrected chi connectivity index (χ4v) is 2.87. The van der Waals surface area contributed by atoms with Crippen LogP contribution in [0.1, 0.15) is 28.8 Å². The van der Waals surface area contributed by atoms with Crippen molar-refractivity contribution < 1.29 is 4.79 Å². The number of hydrogen-bond acceptors (Lipinski definition) is 2. The lowest BCUT2D eigenvalue weighted by Gasteiger charge is -2.06. The van der Waals surface area contributed by atoms with E-state index >= 15 is 0 Å². The zero-order valence-corrected chi connectivity index (χ0v) is 13.1. The number of hydrogen-bond donors (Lipinski definition) is 1. The molecule has 1 N–H and O–H groups in total. The number of halogens is 1. The smallest absolute Gasteiger partial charge is 0.220 e. The predicted octanol–water partition coefficient (Wildman–Crippen LogP) is 4.35. The van der Waals surface area contributed by atoms with E-state index in [2.05, 4.69) is 16.8 Å². The largest absolute Gasteiger partial charge is 0.352 e. The van der Waals surface area contributed by atoms with E-state index in [-0.39, 0.29) is 5.91 Å². The van der Waals surface area contributed by atoms with Gasteiger partial charge in [0.1, 0.15) is 0 Å². The molecule has 0 radical (unpaired) electrons. The van der Waals surface area contributed by atoms with E-state index in [9.17, 15) is 4.79 Å². The quantitative estimate of drug-likeness (QED) is 0.844. The van der Waals surface area contributed by atoms with Crippen LogP contribution in [-0.4, -0.2) is 5.91 Å². The maximum atomic E-state index is 11.8. The van der Waals surface area contributed by atoms with Crippen molar-refractivity contribution in [3.63, 3.8) is 0 Å². The number of aryl methyl sites for hydroxylation is 2. The van der Waals surface area contributed by atoms with Crippen molar-refractivity contribution in [2.45, 2.75) is 32.7 Å². The van der Waals surface area contributed by atoms with E-state index in [1.54, 1.807) is 11.3 Å². The number of carbonyl (C=O) groups excluding carboxylic acids is 1. The first-order valence-electron chi connectivity index (χ1n) is 6.69. The van der Waals surface area contributed by atoms with Crippen molar-refractivity contribution in [3.8, 4) is 0 Å². The summed E-state index contributed by atoms with van der Waals surface area (Å²) in [6.07, 6.45) is 2.43. The van der Waals surface area contributed by atoms with Gasteiger partial charge in [-0.25, -0.2) is 0 Å². The first-order valence-corrected chi connectivity index (χ1v) is 7.95. The Balaban J connectivity index is 1.70. The summed E-state index contributed by atoms with van der Waals surface area (Å²) in [5, 5.41) is 5.74. The Hall–Kier alpha value is -1.32. The Bertz CT molecular complexity index is 566. The second kappa shape index (κ2) is 7.46. The molecule has 0 unspecified atom stereocenters. The van der Waals surface area contributed by atoms with Crippen molar-refractivity contribution in [2.75, 3.05) is 0 Å². The van der Waals surface area contributed by atoms with E-state index in [0.717, 1.165) is 29.0 Å². The molecule has 0 fully saturated rings. The minimum absolute atomic E-state index is 0.0956. The normalized spacial score (nSPS) is 10.5. The molecule has 1 aromatic heterocycles. The van der Waals surface area contributed by atoms with Crippen LogP contribution in [-0.2, 0) is 17.8 Å². The van der Waals surface area contributed by atoms with Gasteiger partial charge in [-0.15, -0.1) is 11.3 Å². The zero-order chi connectivity index (χ0) is 14.4. The lowest BCUT2D eigenvalue weighted by atomic mass is 10.1. The summed E-state index contributed by atoms with van der Waals surface area (Å²) in [7, 11) is 0. The first-order chi connectivity index (χ1) is 9.65. The summed E-state index contributed by atoms with van der Waals surface area (Å²) in [6.45, 7) is 2.51. The Morgan fingerprint density at radius 1 is 1.35 bits per heavy atom. The molecule has 0 aliphatic rings. The molecule has 2 nitrogen and oxygen atoms in total. The Labute approximate surface area is 128 Å². The summed E-state index contributed by atoms with van der Waals surface area (Å²) in [5.74, 6) is 0.0956. The molecule has 0 bridgehead atoms. The van der Waals surface area contributed by atoms with Crippen LogP contribution in [0.25, 0.3) is 0 Å². The standard InChI is InChI=1S/C16H18ClNOS/c1-12-7-8-13(10-15(12)17)11-18-16(19)6-2-4-14-5-3-9-20-14/h3,5,7-10H,2,4,6,11H2,1H3,(H,18,19). The number of thiophene rings is 1. The van der Waals surface area contributed by atoms with Crippen LogP contribution in [0.2, 0.25) is 5.02 Å². The van der Waals surface area contributed by atoms with Gasteiger partial charge in [0.2, 0.25) is 5.91 Å². The van der Waals surface area contributed by atoms with Crippen molar-refractivity contribution in [1.29, 1.82) is 0 Å². The molecule has 0 saturated heterocycles. The molecule has 2 aromatic rings. The highest BCUT2D eigenvalue weighted by Gasteiger charge is 2.03. The van der Waals surface area contributed by atoms with Crippen LogP contribution >= 0.6 is 22.9 Å². The van der Waals surface area contributed by atoms with Gasteiger partial charge in [-0.2, -0.15) is 0 Å². The Kier molecular flexibility index (Phi) is 5.62. The molecule has 0 saturated carbocycles. The van der Waals surface area contributed by atoms with Gasteiger partial charge in [-0.05, 0) is 48.4 Å². The van der Waals surface area contributed by atoms with Crippen molar-refractivity contribution in [3.05, 3.63) is 56.7 Å². The number of amides is 1. The van der Waals surface area contributed by atoms with Gasteiger partial charge in [0.25, 0.3) is 0 Å².